The van der Waals surface area contributed by atoms with Crippen molar-refractivity contribution < 1.29 is 13.2 Å². The number of amidine groups is 1. The van der Waals surface area contributed by atoms with Crippen LogP contribution in [0.2, 0.25) is 0 Å². The fourth-order valence-corrected chi connectivity index (χ4v) is 2.46. The fraction of sp³-hybridized carbons (Fsp3) is 0.364. The predicted molar refractivity (Wildman–Crippen MR) is 63.9 cm³/mol. The average Bonchev–Trinajstić information content (AvgIpc) is 2.54. The fourth-order valence-electron chi connectivity index (χ4n) is 1.40. The molecule has 0 aliphatic carbocycles. The molecule has 0 saturated carbocycles. The number of benzene rings is 1. The first-order valence-electron chi connectivity index (χ1n) is 5.02. The van der Waals surface area contributed by atoms with E-state index in [9.17, 15) is 13.2 Å². The van der Waals surface area contributed by atoms with Gasteiger partial charge in [-0.1, -0.05) is 11.8 Å². The van der Waals surface area contributed by atoms with Gasteiger partial charge in [-0.3, -0.25) is 4.99 Å². The first-order chi connectivity index (χ1) is 7.87. The number of halogens is 3. The number of thioether (sulfide) groups is 1. The molecule has 6 heteroatoms. The first-order valence-corrected chi connectivity index (χ1v) is 6.00. The SMILES string of the molecule is CC1(C)CSC(Nc2cc(F)c(F)c(F)c2)=N1. The van der Waals surface area contributed by atoms with Crippen molar-refractivity contribution >= 4 is 22.6 Å². The molecule has 0 aromatic heterocycles. The molecule has 17 heavy (non-hydrogen) atoms. The van der Waals surface area contributed by atoms with Crippen molar-refractivity contribution in [3.8, 4) is 0 Å². The molecule has 0 fully saturated rings. The van der Waals surface area contributed by atoms with Crippen LogP contribution in [0.25, 0.3) is 0 Å². The summed E-state index contributed by atoms with van der Waals surface area (Å²) < 4.78 is 38.7. The van der Waals surface area contributed by atoms with Crippen molar-refractivity contribution in [2.45, 2.75) is 19.4 Å². The summed E-state index contributed by atoms with van der Waals surface area (Å²) in [6.07, 6.45) is 0. The van der Waals surface area contributed by atoms with Gasteiger partial charge in [0.15, 0.2) is 22.6 Å². The van der Waals surface area contributed by atoms with Gasteiger partial charge in [0, 0.05) is 23.6 Å². The molecular weight excluding hydrogens is 249 g/mol. The second-order valence-corrected chi connectivity index (χ2v) is 5.36. The molecule has 0 radical (unpaired) electrons. The molecule has 92 valence electrons. The lowest BCUT2D eigenvalue weighted by Gasteiger charge is -2.09. The largest absolute Gasteiger partial charge is 0.335 e. The van der Waals surface area contributed by atoms with Gasteiger partial charge in [0.1, 0.15) is 0 Å². The van der Waals surface area contributed by atoms with Crippen LogP contribution in [-0.2, 0) is 0 Å². The highest BCUT2D eigenvalue weighted by molar-refractivity contribution is 8.14. The summed E-state index contributed by atoms with van der Waals surface area (Å²) in [7, 11) is 0. The van der Waals surface area contributed by atoms with Crippen LogP contribution >= 0.6 is 11.8 Å². The average molecular weight is 260 g/mol. The molecule has 1 aliphatic heterocycles. The first kappa shape index (κ1) is 12.3. The molecule has 0 bridgehead atoms. The van der Waals surface area contributed by atoms with Crippen LogP contribution in [0, 0.1) is 17.5 Å². The van der Waals surface area contributed by atoms with Crippen LogP contribution in [0.4, 0.5) is 18.9 Å². The summed E-state index contributed by atoms with van der Waals surface area (Å²) in [4.78, 5) is 4.33. The van der Waals surface area contributed by atoms with E-state index in [-0.39, 0.29) is 11.2 Å². The van der Waals surface area contributed by atoms with Gasteiger partial charge in [-0.2, -0.15) is 0 Å². The van der Waals surface area contributed by atoms with Crippen LogP contribution in [0.3, 0.4) is 0 Å². The van der Waals surface area contributed by atoms with Crippen LogP contribution in [0.15, 0.2) is 17.1 Å². The van der Waals surface area contributed by atoms with Gasteiger partial charge < -0.3 is 5.32 Å². The van der Waals surface area contributed by atoms with Gasteiger partial charge in [-0.25, -0.2) is 13.2 Å². The molecule has 1 aliphatic rings. The molecule has 1 aromatic carbocycles. The molecular formula is C11H11F3N2S. The molecule has 0 saturated heterocycles. The van der Waals surface area contributed by atoms with E-state index in [1.165, 1.54) is 11.8 Å². The Labute approximate surface area is 101 Å². The summed E-state index contributed by atoms with van der Waals surface area (Å²) >= 11 is 1.46. The molecule has 2 rings (SSSR count). The molecule has 2 nitrogen and oxygen atoms in total. The number of rotatable bonds is 1. The Morgan fingerprint density at radius 1 is 1.24 bits per heavy atom. The number of hydrogen-bond donors (Lipinski definition) is 1. The van der Waals surface area contributed by atoms with Gasteiger partial charge in [0.2, 0.25) is 0 Å². The standard InChI is InChI=1S/C11H11F3N2S/c1-11(2)5-17-10(16-11)15-6-3-7(12)9(14)8(13)4-6/h3-4H,5H2,1-2H3,(H,15,16). The third-order valence-electron chi connectivity index (χ3n) is 2.20. The minimum absolute atomic E-state index is 0.158. The Hall–Kier alpha value is -1.17. The van der Waals surface area contributed by atoms with Crippen molar-refractivity contribution in [3.05, 3.63) is 29.6 Å². The third-order valence-corrected chi connectivity index (χ3v) is 3.52. The lowest BCUT2D eigenvalue weighted by atomic mass is 10.1. The number of aliphatic imine (C=N–C) groups is 1. The number of anilines is 1. The van der Waals surface area contributed by atoms with Gasteiger partial charge in [0.05, 0.1) is 5.54 Å². The van der Waals surface area contributed by atoms with Gasteiger partial charge >= 0.3 is 0 Å². The third kappa shape index (κ3) is 2.74. The maximum atomic E-state index is 13.0. The number of nitrogens with zero attached hydrogens (tertiary/aromatic N) is 1. The normalized spacial score (nSPS) is 18.1. The summed E-state index contributed by atoms with van der Waals surface area (Å²) in [5.41, 5.74) is -0.0326. The topological polar surface area (TPSA) is 24.4 Å². The highest BCUT2D eigenvalue weighted by Gasteiger charge is 2.25. The summed E-state index contributed by atoms with van der Waals surface area (Å²) in [6, 6.07) is 1.82. The number of hydrogen-bond acceptors (Lipinski definition) is 3. The van der Waals surface area contributed by atoms with E-state index in [4.69, 9.17) is 0 Å². The van der Waals surface area contributed by atoms with E-state index < -0.39 is 17.5 Å². The summed E-state index contributed by atoms with van der Waals surface area (Å²) in [6.45, 7) is 3.92. The minimum atomic E-state index is -1.46. The molecule has 1 N–H and O–H groups in total. The second-order valence-electron chi connectivity index (χ2n) is 4.40. The maximum Gasteiger partial charge on any atom is 0.194 e. The van der Waals surface area contributed by atoms with E-state index in [0.717, 1.165) is 17.9 Å². The van der Waals surface area contributed by atoms with Crippen LogP contribution in [0.5, 0.6) is 0 Å². The zero-order valence-electron chi connectivity index (χ0n) is 9.35. The quantitative estimate of drug-likeness (QED) is 0.783. The second kappa shape index (κ2) is 4.25. The molecule has 0 amide bonds. The summed E-state index contributed by atoms with van der Waals surface area (Å²) in [5, 5.41) is 3.36. The minimum Gasteiger partial charge on any atom is -0.335 e. The van der Waals surface area contributed by atoms with E-state index in [1.807, 2.05) is 13.8 Å². The number of nitrogens with one attached hydrogen (secondary N) is 1. The Kier molecular flexibility index (Phi) is 3.07. The van der Waals surface area contributed by atoms with E-state index in [1.54, 1.807) is 0 Å². The van der Waals surface area contributed by atoms with E-state index in [0.29, 0.717) is 5.17 Å². The molecule has 0 unspecified atom stereocenters. The zero-order chi connectivity index (χ0) is 12.6. The molecule has 1 aromatic rings. The lowest BCUT2D eigenvalue weighted by molar-refractivity contribution is 0.448. The maximum absolute atomic E-state index is 13.0. The Morgan fingerprint density at radius 2 is 1.82 bits per heavy atom. The molecule has 0 atom stereocenters. The van der Waals surface area contributed by atoms with Crippen molar-refractivity contribution in [1.82, 2.24) is 0 Å². The Balaban J connectivity index is 2.21. The molecule has 1 heterocycles. The monoisotopic (exact) mass is 260 g/mol. The highest BCUT2D eigenvalue weighted by atomic mass is 32.2. The highest BCUT2D eigenvalue weighted by Crippen LogP contribution is 2.28. The van der Waals surface area contributed by atoms with Crippen LogP contribution in [-0.4, -0.2) is 16.5 Å². The zero-order valence-corrected chi connectivity index (χ0v) is 10.2. The van der Waals surface area contributed by atoms with Crippen molar-refractivity contribution in [1.29, 1.82) is 0 Å². The van der Waals surface area contributed by atoms with Crippen LogP contribution < -0.4 is 5.32 Å². The van der Waals surface area contributed by atoms with Crippen LogP contribution in [0.1, 0.15) is 13.8 Å². The summed E-state index contributed by atoms with van der Waals surface area (Å²) in [5.74, 6) is -3.09. The van der Waals surface area contributed by atoms with Gasteiger partial charge in [-0.05, 0) is 13.8 Å². The van der Waals surface area contributed by atoms with Gasteiger partial charge in [0.25, 0.3) is 0 Å². The molecule has 0 spiro atoms. The van der Waals surface area contributed by atoms with E-state index >= 15 is 0 Å². The predicted octanol–water partition coefficient (Wildman–Crippen LogP) is 3.40. The Morgan fingerprint density at radius 3 is 2.29 bits per heavy atom. The Bertz CT molecular complexity index is 463. The van der Waals surface area contributed by atoms with Crippen molar-refractivity contribution in [3.63, 3.8) is 0 Å². The smallest absolute Gasteiger partial charge is 0.194 e. The van der Waals surface area contributed by atoms with Gasteiger partial charge in [-0.15, -0.1) is 0 Å². The van der Waals surface area contributed by atoms with E-state index in [2.05, 4.69) is 10.3 Å². The lowest BCUT2D eigenvalue weighted by Crippen LogP contribution is -2.15. The van der Waals surface area contributed by atoms with Crippen molar-refractivity contribution in [2.24, 2.45) is 4.99 Å². The van der Waals surface area contributed by atoms with Crippen molar-refractivity contribution in [2.75, 3.05) is 11.1 Å².